The Morgan fingerprint density at radius 2 is 1.93 bits per heavy atom. The van der Waals surface area contributed by atoms with Crippen molar-refractivity contribution in [3.8, 4) is 0 Å². The molecule has 1 aromatic carbocycles. The van der Waals surface area contributed by atoms with Crippen molar-refractivity contribution in [1.29, 1.82) is 0 Å². The van der Waals surface area contributed by atoms with Gasteiger partial charge in [0.05, 0.1) is 19.3 Å². The predicted molar refractivity (Wildman–Crippen MR) is 129 cm³/mol. The number of ether oxygens (including phenoxy) is 1. The molecule has 29 heavy (non-hydrogen) atoms. The second-order valence-corrected chi connectivity index (χ2v) is 7.04. The number of aromatic nitrogens is 1. The number of rotatable bonds is 7. The molecule has 2 N–H and O–H groups in total. The molecule has 1 aromatic heterocycles. The van der Waals surface area contributed by atoms with Crippen molar-refractivity contribution in [1.82, 2.24) is 20.5 Å². The highest BCUT2D eigenvalue weighted by atomic mass is 127. The molecule has 6 nitrogen and oxygen atoms in total. The second kappa shape index (κ2) is 13.0. The van der Waals surface area contributed by atoms with Gasteiger partial charge in [-0.3, -0.25) is 14.9 Å². The fraction of sp³-hybridized carbons (Fsp3) is 0.429. The average molecular weight is 530 g/mol. The van der Waals surface area contributed by atoms with Crippen LogP contribution in [0.3, 0.4) is 0 Å². The van der Waals surface area contributed by atoms with Gasteiger partial charge in [-0.25, -0.2) is 0 Å². The van der Waals surface area contributed by atoms with Crippen molar-refractivity contribution in [3.63, 3.8) is 0 Å². The first-order valence-electron chi connectivity index (χ1n) is 9.68. The first-order chi connectivity index (χ1) is 13.8. The highest BCUT2D eigenvalue weighted by molar-refractivity contribution is 14.0. The molecule has 1 aliphatic heterocycles. The third kappa shape index (κ3) is 7.40. The SMILES string of the molecule is CN=C(NCCc1ccccn1)NCC(c1ccccc1Cl)N1CCOCC1.I. The Labute approximate surface area is 195 Å². The van der Waals surface area contributed by atoms with Crippen LogP contribution in [0.15, 0.2) is 53.7 Å². The number of pyridine rings is 1. The van der Waals surface area contributed by atoms with Gasteiger partial charge >= 0.3 is 0 Å². The van der Waals surface area contributed by atoms with Crippen molar-refractivity contribution in [3.05, 3.63) is 64.9 Å². The largest absolute Gasteiger partial charge is 0.379 e. The van der Waals surface area contributed by atoms with Crippen LogP contribution in [-0.4, -0.2) is 62.3 Å². The summed E-state index contributed by atoms with van der Waals surface area (Å²) in [6.07, 6.45) is 2.66. The topological polar surface area (TPSA) is 61.8 Å². The van der Waals surface area contributed by atoms with Gasteiger partial charge in [0.15, 0.2) is 5.96 Å². The lowest BCUT2D eigenvalue weighted by Gasteiger charge is -2.35. The molecular formula is C21H29ClIN5O. The Bertz CT molecular complexity index is 756. The van der Waals surface area contributed by atoms with E-state index in [1.807, 2.05) is 42.6 Å². The fourth-order valence-electron chi connectivity index (χ4n) is 3.34. The molecule has 2 heterocycles. The first-order valence-corrected chi connectivity index (χ1v) is 10.1. The first kappa shape index (κ1) is 23.9. The van der Waals surface area contributed by atoms with Gasteiger partial charge in [-0.05, 0) is 23.8 Å². The van der Waals surface area contributed by atoms with E-state index in [9.17, 15) is 0 Å². The Hall–Kier alpha value is -1.42. The van der Waals surface area contributed by atoms with Gasteiger partial charge in [0.25, 0.3) is 0 Å². The summed E-state index contributed by atoms with van der Waals surface area (Å²) in [5.41, 5.74) is 2.19. The van der Waals surface area contributed by atoms with E-state index in [2.05, 4.69) is 31.6 Å². The zero-order valence-corrected chi connectivity index (χ0v) is 19.8. The Balaban J connectivity index is 0.00000300. The number of morpholine rings is 1. The number of halogens is 2. The van der Waals surface area contributed by atoms with Crippen LogP contribution in [0.1, 0.15) is 17.3 Å². The van der Waals surface area contributed by atoms with Crippen LogP contribution in [0, 0.1) is 0 Å². The molecule has 0 aliphatic carbocycles. The van der Waals surface area contributed by atoms with Crippen molar-refractivity contribution < 1.29 is 4.74 Å². The molecule has 0 amide bonds. The maximum absolute atomic E-state index is 6.50. The smallest absolute Gasteiger partial charge is 0.191 e. The molecule has 1 saturated heterocycles. The monoisotopic (exact) mass is 529 g/mol. The van der Waals surface area contributed by atoms with E-state index in [-0.39, 0.29) is 30.0 Å². The summed E-state index contributed by atoms with van der Waals surface area (Å²) in [6, 6.07) is 14.2. The average Bonchev–Trinajstić information content (AvgIpc) is 2.75. The predicted octanol–water partition coefficient (Wildman–Crippen LogP) is 3.13. The van der Waals surface area contributed by atoms with Gasteiger partial charge in [0.1, 0.15) is 0 Å². The lowest BCUT2D eigenvalue weighted by atomic mass is 10.0. The standard InChI is InChI=1S/C21H28ClN5O.HI/c1-23-21(25-11-9-17-6-4-5-10-24-17)26-16-20(27-12-14-28-15-13-27)18-7-2-3-8-19(18)22;/h2-8,10,20H,9,11-16H2,1H3,(H2,23,25,26);1H. The van der Waals surface area contributed by atoms with E-state index in [0.29, 0.717) is 6.54 Å². The lowest BCUT2D eigenvalue weighted by Crippen LogP contribution is -2.46. The number of hydrogen-bond acceptors (Lipinski definition) is 4. The molecule has 1 aliphatic rings. The van der Waals surface area contributed by atoms with E-state index in [4.69, 9.17) is 16.3 Å². The summed E-state index contributed by atoms with van der Waals surface area (Å²) >= 11 is 6.50. The summed E-state index contributed by atoms with van der Waals surface area (Å²) in [5, 5.41) is 7.61. The maximum atomic E-state index is 6.50. The van der Waals surface area contributed by atoms with Gasteiger partial charge in [-0.15, -0.1) is 24.0 Å². The zero-order chi connectivity index (χ0) is 19.6. The van der Waals surface area contributed by atoms with Crippen LogP contribution in [0.5, 0.6) is 0 Å². The number of nitrogens with one attached hydrogen (secondary N) is 2. The summed E-state index contributed by atoms with van der Waals surface area (Å²) in [6.45, 7) is 4.76. The molecule has 3 rings (SSSR count). The summed E-state index contributed by atoms with van der Waals surface area (Å²) in [5.74, 6) is 0.779. The number of guanidine groups is 1. The summed E-state index contributed by atoms with van der Waals surface area (Å²) < 4.78 is 5.52. The van der Waals surface area contributed by atoms with Crippen LogP contribution in [0.25, 0.3) is 0 Å². The third-order valence-corrected chi connectivity index (χ3v) is 5.18. The number of aliphatic imine (C=N–C) groups is 1. The van der Waals surface area contributed by atoms with Crippen LogP contribution in [0.4, 0.5) is 0 Å². The quantitative estimate of drug-likeness (QED) is 0.328. The normalized spacial score (nSPS) is 16.0. The minimum Gasteiger partial charge on any atom is -0.379 e. The summed E-state index contributed by atoms with van der Waals surface area (Å²) in [4.78, 5) is 11.1. The molecule has 1 fully saturated rings. The Morgan fingerprint density at radius 1 is 1.17 bits per heavy atom. The number of benzene rings is 1. The van der Waals surface area contributed by atoms with Crippen molar-refractivity contribution in [2.45, 2.75) is 12.5 Å². The van der Waals surface area contributed by atoms with Crippen LogP contribution < -0.4 is 10.6 Å². The Kier molecular flexibility index (Phi) is 10.7. The Morgan fingerprint density at radius 3 is 2.62 bits per heavy atom. The maximum Gasteiger partial charge on any atom is 0.191 e. The van der Waals surface area contributed by atoms with E-state index in [1.54, 1.807) is 7.05 Å². The van der Waals surface area contributed by atoms with Gasteiger partial charge < -0.3 is 15.4 Å². The highest BCUT2D eigenvalue weighted by Gasteiger charge is 2.24. The van der Waals surface area contributed by atoms with E-state index >= 15 is 0 Å². The van der Waals surface area contributed by atoms with Crippen molar-refractivity contribution in [2.24, 2.45) is 4.99 Å². The van der Waals surface area contributed by atoms with Gasteiger partial charge in [0, 0.05) is 56.6 Å². The molecule has 1 unspecified atom stereocenters. The lowest BCUT2D eigenvalue weighted by molar-refractivity contribution is 0.0170. The molecule has 0 bridgehead atoms. The second-order valence-electron chi connectivity index (χ2n) is 6.64. The molecule has 158 valence electrons. The number of hydrogen-bond donors (Lipinski definition) is 2. The summed E-state index contributed by atoms with van der Waals surface area (Å²) in [7, 11) is 1.79. The molecule has 0 radical (unpaired) electrons. The van der Waals surface area contributed by atoms with Gasteiger partial charge in [0.2, 0.25) is 0 Å². The van der Waals surface area contributed by atoms with Crippen molar-refractivity contribution in [2.75, 3.05) is 46.4 Å². The number of nitrogens with zero attached hydrogens (tertiary/aromatic N) is 3. The van der Waals surface area contributed by atoms with E-state index in [1.165, 1.54) is 0 Å². The minimum atomic E-state index is 0. The van der Waals surface area contributed by atoms with Crippen molar-refractivity contribution >= 4 is 41.5 Å². The molecule has 0 saturated carbocycles. The van der Waals surface area contributed by atoms with Crippen LogP contribution in [0.2, 0.25) is 5.02 Å². The zero-order valence-electron chi connectivity index (χ0n) is 16.7. The van der Waals surface area contributed by atoms with E-state index < -0.39 is 0 Å². The molecular weight excluding hydrogens is 501 g/mol. The fourth-order valence-corrected chi connectivity index (χ4v) is 3.60. The molecule has 2 aromatic rings. The van der Waals surface area contributed by atoms with Gasteiger partial charge in [-0.2, -0.15) is 0 Å². The molecule has 8 heteroatoms. The molecule has 1 atom stereocenters. The molecule has 0 spiro atoms. The van der Waals surface area contributed by atoms with Crippen LogP contribution >= 0.6 is 35.6 Å². The highest BCUT2D eigenvalue weighted by Crippen LogP contribution is 2.27. The third-order valence-electron chi connectivity index (χ3n) is 4.84. The minimum absolute atomic E-state index is 0. The van der Waals surface area contributed by atoms with Crippen LogP contribution in [-0.2, 0) is 11.2 Å². The van der Waals surface area contributed by atoms with Gasteiger partial charge in [-0.1, -0.05) is 35.9 Å². The van der Waals surface area contributed by atoms with E-state index in [0.717, 1.165) is 61.5 Å².